The van der Waals surface area contributed by atoms with Crippen LogP contribution in [0.1, 0.15) is 34.3 Å². The van der Waals surface area contributed by atoms with Gasteiger partial charge in [0.2, 0.25) is 0 Å². The molecule has 1 fully saturated rings. The molecule has 1 aliphatic rings. The zero-order valence-corrected chi connectivity index (χ0v) is 17.0. The van der Waals surface area contributed by atoms with Crippen molar-refractivity contribution in [1.29, 1.82) is 0 Å². The second-order valence-corrected chi connectivity index (χ2v) is 7.82. The molecule has 0 bridgehead atoms. The number of halogens is 2. The van der Waals surface area contributed by atoms with Crippen LogP contribution in [-0.4, -0.2) is 56.3 Å². The van der Waals surface area contributed by atoms with E-state index in [1.807, 2.05) is 39.9 Å². The summed E-state index contributed by atoms with van der Waals surface area (Å²) in [6.45, 7) is 1.94. The first-order valence-electron chi connectivity index (χ1n) is 10.3. The molecule has 162 valence electrons. The number of carboxylic acids is 1. The summed E-state index contributed by atoms with van der Waals surface area (Å²) in [5, 5.41) is 14.0. The Morgan fingerprint density at radius 3 is 2.48 bits per heavy atom. The lowest BCUT2D eigenvalue weighted by Gasteiger charge is -2.31. The molecule has 0 aliphatic carbocycles. The van der Waals surface area contributed by atoms with Gasteiger partial charge in [-0.2, -0.15) is 5.10 Å². The highest BCUT2D eigenvalue weighted by atomic mass is 19.3. The van der Waals surface area contributed by atoms with E-state index in [0.717, 1.165) is 16.8 Å². The summed E-state index contributed by atoms with van der Waals surface area (Å²) >= 11 is 0. The molecule has 0 amide bonds. The van der Waals surface area contributed by atoms with E-state index in [0.29, 0.717) is 38.2 Å². The number of likely N-dealkylation sites (tertiary alicyclic amines) is 1. The molecule has 6 nitrogen and oxygen atoms in total. The highest BCUT2D eigenvalue weighted by molar-refractivity contribution is 5.89. The van der Waals surface area contributed by atoms with Crippen molar-refractivity contribution in [1.82, 2.24) is 19.7 Å². The lowest BCUT2D eigenvalue weighted by atomic mass is 9.99. The molecule has 0 saturated carbocycles. The first-order chi connectivity index (χ1) is 14.9. The van der Waals surface area contributed by atoms with E-state index in [1.54, 1.807) is 12.4 Å². The quantitative estimate of drug-likeness (QED) is 0.619. The van der Waals surface area contributed by atoms with Crippen molar-refractivity contribution in [3.8, 4) is 11.3 Å². The SMILES string of the molecule is O=C(O)c1ccncc1Cc1cnn(CCN2CCC(F)(F)CC2)c1-c1ccccc1. The number of pyridine rings is 1. The third-order valence-electron chi connectivity index (χ3n) is 5.69. The zero-order valence-electron chi connectivity index (χ0n) is 17.0. The molecule has 0 atom stereocenters. The Balaban J connectivity index is 1.59. The third kappa shape index (κ3) is 4.96. The molecule has 2 aromatic heterocycles. The van der Waals surface area contributed by atoms with Gasteiger partial charge < -0.3 is 10.0 Å². The van der Waals surface area contributed by atoms with E-state index < -0.39 is 11.9 Å². The predicted octanol–water partition coefficient (Wildman–Crippen LogP) is 3.97. The largest absolute Gasteiger partial charge is 0.478 e. The Hall–Kier alpha value is -3.13. The van der Waals surface area contributed by atoms with Crippen LogP contribution in [0.2, 0.25) is 0 Å². The van der Waals surface area contributed by atoms with Gasteiger partial charge in [0.15, 0.2) is 0 Å². The van der Waals surface area contributed by atoms with Crippen LogP contribution >= 0.6 is 0 Å². The van der Waals surface area contributed by atoms with Gasteiger partial charge in [0.1, 0.15) is 0 Å². The second kappa shape index (κ2) is 8.93. The summed E-state index contributed by atoms with van der Waals surface area (Å²) in [7, 11) is 0. The smallest absolute Gasteiger partial charge is 0.336 e. The van der Waals surface area contributed by atoms with E-state index in [-0.39, 0.29) is 18.4 Å². The molecule has 1 saturated heterocycles. The third-order valence-corrected chi connectivity index (χ3v) is 5.69. The molecule has 0 radical (unpaired) electrons. The van der Waals surface area contributed by atoms with Crippen molar-refractivity contribution in [2.45, 2.75) is 31.7 Å². The number of nitrogens with zero attached hydrogens (tertiary/aromatic N) is 4. The highest BCUT2D eigenvalue weighted by Gasteiger charge is 2.33. The van der Waals surface area contributed by atoms with E-state index in [1.165, 1.54) is 12.3 Å². The van der Waals surface area contributed by atoms with Gasteiger partial charge in [-0.3, -0.25) is 9.67 Å². The normalized spacial score (nSPS) is 16.3. The zero-order chi connectivity index (χ0) is 21.8. The molecule has 8 heteroatoms. The molecule has 3 aromatic rings. The number of carboxylic acid groups (broad SMARTS) is 1. The van der Waals surface area contributed by atoms with Gasteiger partial charge in [-0.25, -0.2) is 13.6 Å². The highest BCUT2D eigenvalue weighted by Crippen LogP contribution is 2.29. The van der Waals surface area contributed by atoms with Gasteiger partial charge >= 0.3 is 5.97 Å². The Kier molecular flexibility index (Phi) is 6.08. The monoisotopic (exact) mass is 426 g/mol. The van der Waals surface area contributed by atoms with Gasteiger partial charge in [0.25, 0.3) is 5.92 Å². The van der Waals surface area contributed by atoms with E-state index in [4.69, 9.17) is 0 Å². The lowest BCUT2D eigenvalue weighted by Crippen LogP contribution is -2.40. The topological polar surface area (TPSA) is 71.2 Å². The number of carbonyl (C=O) groups is 1. The van der Waals surface area contributed by atoms with Crippen molar-refractivity contribution >= 4 is 5.97 Å². The minimum atomic E-state index is -2.56. The summed E-state index contributed by atoms with van der Waals surface area (Å²) < 4.78 is 28.8. The number of aromatic nitrogens is 3. The molecule has 4 rings (SSSR count). The maximum atomic E-state index is 13.4. The van der Waals surface area contributed by atoms with Crippen LogP contribution in [0.15, 0.2) is 55.0 Å². The van der Waals surface area contributed by atoms with Crippen molar-refractivity contribution < 1.29 is 18.7 Å². The van der Waals surface area contributed by atoms with Crippen LogP contribution in [0.25, 0.3) is 11.3 Å². The van der Waals surface area contributed by atoms with Crippen LogP contribution in [0, 0.1) is 0 Å². The van der Waals surface area contributed by atoms with Crippen molar-refractivity contribution in [3.63, 3.8) is 0 Å². The Morgan fingerprint density at radius 1 is 1.03 bits per heavy atom. The number of hydrogen-bond acceptors (Lipinski definition) is 4. The van der Waals surface area contributed by atoms with Crippen LogP contribution in [0.4, 0.5) is 8.78 Å². The number of benzene rings is 1. The Morgan fingerprint density at radius 2 is 1.77 bits per heavy atom. The fraction of sp³-hybridized carbons (Fsp3) is 0.348. The molecule has 31 heavy (non-hydrogen) atoms. The molecular weight excluding hydrogens is 402 g/mol. The fourth-order valence-electron chi connectivity index (χ4n) is 3.98. The summed E-state index contributed by atoms with van der Waals surface area (Å²) in [6.07, 6.45) is 4.96. The predicted molar refractivity (Wildman–Crippen MR) is 112 cm³/mol. The van der Waals surface area contributed by atoms with Gasteiger partial charge in [0.05, 0.1) is 24.0 Å². The minimum Gasteiger partial charge on any atom is -0.478 e. The second-order valence-electron chi connectivity index (χ2n) is 7.82. The Bertz CT molecular complexity index is 1040. The van der Waals surface area contributed by atoms with E-state index >= 15 is 0 Å². The van der Waals surface area contributed by atoms with Gasteiger partial charge in [-0.05, 0) is 11.6 Å². The molecule has 0 unspecified atom stereocenters. The molecule has 0 spiro atoms. The average Bonchev–Trinajstić information content (AvgIpc) is 3.16. The summed E-state index contributed by atoms with van der Waals surface area (Å²) in [4.78, 5) is 17.7. The van der Waals surface area contributed by atoms with Crippen molar-refractivity contribution in [3.05, 3.63) is 71.7 Å². The molecule has 1 aliphatic heterocycles. The van der Waals surface area contributed by atoms with Crippen LogP contribution in [0.3, 0.4) is 0 Å². The maximum Gasteiger partial charge on any atom is 0.336 e. The van der Waals surface area contributed by atoms with Gasteiger partial charge in [-0.15, -0.1) is 0 Å². The van der Waals surface area contributed by atoms with E-state index in [2.05, 4.69) is 10.1 Å². The van der Waals surface area contributed by atoms with Crippen LogP contribution < -0.4 is 0 Å². The number of rotatable bonds is 7. The summed E-state index contributed by atoms with van der Waals surface area (Å²) in [6, 6.07) is 11.3. The average molecular weight is 426 g/mol. The van der Waals surface area contributed by atoms with Crippen LogP contribution in [0.5, 0.6) is 0 Å². The number of piperidine rings is 1. The van der Waals surface area contributed by atoms with Gasteiger partial charge in [-0.1, -0.05) is 30.3 Å². The minimum absolute atomic E-state index is 0.109. The fourth-order valence-corrected chi connectivity index (χ4v) is 3.98. The summed E-state index contributed by atoms with van der Waals surface area (Å²) in [5.74, 6) is -3.55. The number of aromatic carboxylic acids is 1. The molecule has 3 heterocycles. The maximum absolute atomic E-state index is 13.4. The number of alkyl halides is 2. The van der Waals surface area contributed by atoms with Crippen molar-refractivity contribution in [2.75, 3.05) is 19.6 Å². The number of hydrogen-bond donors (Lipinski definition) is 1. The summed E-state index contributed by atoms with van der Waals surface area (Å²) in [5.41, 5.74) is 3.61. The standard InChI is InChI=1S/C23H24F2N4O2/c24-23(25)7-10-28(11-8-23)12-13-29-21(17-4-2-1-3-5-17)19(16-27-29)14-18-15-26-9-6-20(18)22(30)31/h1-6,9,15-16H,7-8,10-14H2,(H,30,31). The first-order valence-corrected chi connectivity index (χ1v) is 10.3. The van der Waals surface area contributed by atoms with Gasteiger partial charge in [0, 0.05) is 62.4 Å². The van der Waals surface area contributed by atoms with E-state index in [9.17, 15) is 18.7 Å². The molecule has 1 N–H and O–H groups in total. The Labute approximate surface area is 179 Å². The molecule has 1 aromatic carbocycles. The first kappa shape index (κ1) is 21.1. The van der Waals surface area contributed by atoms with Crippen molar-refractivity contribution in [2.24, 2.45) is 0 Å². The lowest BCUT2D eigenvalue weighted by molar-refractivity contribution is -0.0555. The molecular formula is C23H24F2N4O2. The van der Waals surface area contributed by atoms with Crippen LogP contribution in [-0.2, 0) is 13.0 Å².